The highest BCUT2D eigenvalue weighted by atomic mass is 127. The zero-order valence-corrected chi connectivity index (χ0v) is 13.7. The number of benzene rings is 1. The van der Waals surface area contributed by atoms with Gasteiger partial charge in [0.1, 0.15) is 0 Å². The largest absolute Gasteiger partial charge is 0.370 e. The van der Waals surface area contributed by atoms with E-state index < -0.39 is 0 Å². The molecular weight excluding hydrogens is 349 g/mol. The number of anilines is 1. The van der Waals surface area contributed by atoms with Crippen LogP contribution >= 0.6 is 24.0 Å². The average molecular weight is 371 g/mol. The second kappa shape index (κ2) is 8.19. The van der Waals surface area contributed by atoms with Gasteiger partial charge in [-0.25, -0.2) is 0 Å². The van der Waals surface area contributed by atoms with Gasteiger partial charge < -0.3 is 11.1 Å². The molecule has 0 fully saturated rings. The summed E-state index contributed by atoms with van der Waals surface area (Å²) in [5.74, 6) is 0.498. The predicted molar refractivity (Wildman–Crippen MR) is 93.4 cm³/mol. The van der Waals surface area contributed by atoms with Gasteiger partial charge in [-0.05, 0) is 55.9 Å². The summed E-state index contributed by atoms with van der Waals surface area (Å²) in [7, 11) is 0. The normalized spacial score (nSPS) is 14.3. The van der Waals surface area contributed by atoms with Crippen LogP contribution in [0.5, 0.6) is 0 Å². The summed E-state index contributed by atoms with van der Waals surface area (Å²) in [5, 5.41) is 3.15. The molecule has 19 heavy (non-hydrogen) atoms. The average Bonchev–Trinajstić information content (AvgIpc) is 2.82. The summed E-state index contributed by atoms with van der Waals surface area (Å²) in [5.41, 5.74) is 9.81. The van der Waals surface area contributed by atoms with Gasteiger partial charge in [0.05, 0.1) is 0 Å². The maximum absolute atomic E-state index is 5.85. The van der Waals surface area contributed by atoms with Crippen LogP contribution in [0.15, 0.2) is 35.3 Å². The van der Waals surface area contributed by atoms with E-state index in [-0.39, 0.29) is 24.0 Å². The van der Waals surface area contributed by atoms with Crippen LogP contribution < -0.4 is 11.1 Å². The van der Waals surface area contributed by atoms with Gasteiger partial charge >= 0.3 is 0 Å². The Bertz CT molecular complexity index is 466. The molecule has 3 N–H and O–H groups in total. The third-order valence-electron chi connectivity index (χ3n) is 3.18. The van der Waals surface area contributed by atoms with Crippen molar-refractivity contribution in [3.63, 3.8) is 0 Å². The fourth-order valence-corrected chi connectivity index (χ4v) is 2.26. The number of aryl methyl sites for hydroxylation is 2. The van der Waals surface area contributed by atoms with Crippen LogP contribution in [0.1, 0.15) is 30.9 Å². The SMILES string of the molecule is CC=CCCN=C(N)Nc1ccc2c(c1)CCC2.I. The second-order valence-corrected chi connectivity index (χ2v) is 4.59. The summed E-state index contributed by atoms with van der Waals surface area (Å²) in [6.45, 7) is 2.74. The minimum absolute atomic E-state index is 0. The minimum Gasteiger partial charge on any atom is -0.370 e. The Morgan fingerprint density at radius 2 is 2.16 bits per heavy atom. The zero-order chi connectivity index (χ0) is 12.8. The zero-order valence-electron chi connectivity index (χ0n) is 11.4. The molecule has 1 aliphatic carbocycles. The van der Waals surface area contributed by atoms with Crippen LogP contribution in [0.2, 0.25) is 0 Å². The molecular formula is C15H22IN3. The van der Waals surface area contributed by atoms with Gasteiger partial charge in [-0.3, -0.25) is 4.99 Å². The van der Waals surface area contributed by atoms with Gasteiger partial charge in [-0.2, -0.15) is 0 Å². The first-order valence-electron chi connectivity index (χ1n) is 6.59. The molecule has 3 nitrogen and oxygen atoms in total. The number of rotatable bonds is 4. The number of halogens is 1. The smallest absolute Gasteiger partial charge is 0.193 e. The maximum Gasteiger partial charge on any atom is 0.193 e. The number of fused-ring (bicyclic) bond motifs is 1. The van der Waals surface area contributed by atoms with Crippen LogP contribution in [0.3, 0.4) is 0 Å². The molecule has 0 heterocycles. The number of nitrogens with two attached hydrogens (primary N) is 1. The van der Waals surface area contributed by atoms with Gasteiger partial charge in [-0.15, -0.1) is 24.0 Å². The Morgan fingerprint density at radius 3 is 2.95 bits per heavy atom. The highest BCUT2D eigenvalue weighted by Crippen LogP contribution is 2.24. The van der Waals surface area contributed by atoms with E-state index in [4.69, 9.17) is 5.73 Å². The molecule has 4 heteroatoms. The first-order valence-corrected chi connectivity index (χ1v) is 6.59. The lowest BCUT2D eigenvalue weighted by molar-refractivity contribution is 0.912. The monoisotopic (exact) mass is 371 g/mol. The van der Waals surface area contributed by atoms with E-state index in [9.17, 15) is 0 Å². The van der Waals surface area contributed by atoms with Gasteiger partial charge in [0, 0.05) is 12.2 Å². The van der Waals surface area contributed by atoms with E-state index >= 15 is 0 Å². The fourth-order valence-electron chi connectivity index (χ4n) is 2.26. The molecule has 0 aromatic heterocycles. The van der Waals surface area contributed by atoms with E-state index in [1.165, 1.54) is 30.4 Å². The Kier molecular flexibility index (Phi) is 6.91. The second-order valence-electron chi connectivity index (χ2n) is 4.59. The molecule has 0 saturated carbocycles. The number of allylic oxidation sites excluding steroid dienone is 1. The van der Waals surface area contributed by atoms with E-state index in [2.05, 4.69) is 34.6 Å². The van der Waals surface area contributed by atoms with E-state index in [0.29, 0.717) is 5.96 Å². The topological polar surface area (TPSA) is 50.4 Å². The number of nitrogens with zero attached hydrogens (tertiary/aromatic N) is 1. The Morgan fingerprint density at radius 1 is 1.37 bits per heavy atom. The first-order chi connectivity index (χ1) is 8.79. The molecule has 0 radical (unpaired) electrons. The first kappa shape index (κ1) is 16.0. The van der Waals surface area contributed by atoms with Crippen molar-refractivity contribution in [3.8, 4) is 0 Å². The predicted octanol–water partition coefficient (Wildman–Crippen LogP) is 3.49. The lowest BCUT2D eigenvalue weighted by atomic mass is 10.1. The lowest BCUT2D eigenvalue weighted by Crippen LogP contribution is -2.22. The summed E-state index contributed by atoms with van der Waals surface area (Å²) in [6, 6.07) is 6.47. The summed E-state index contributed by atoms with van der Waals surface area (Å²) < 4.78 is 0. The highest BCUT2D eigenvalue weighted by Gasteiger charge is 2.10. The van der Waals surface area contributed by atoms with Crippen LogP contribution in [0, 0.1) is 0 Å². The van der Waals surface area contributed by atoms with Gasteiger partial charge in [0.25, 0.3) is 0 Å². The van der Waals surface area contributed by atoms with Gasteiger partial charge in [0.2, 0.25) is 0 Å². The molecule has 0 saturated heterocycles. The molecule has 1 aromatic carbocycles. The van der Waals surface area contributed by atoms with Crippen molar-refractivity contribution in [3.05, 3.63) is 41.5 Å². The molecule has 104 valence electrons. The molecule has 1 aromatic rings. The minimum atomic E-state index is 0. The van der Waals surface area contributed by atoms with Crippen molar-refractivity contribution in [2.45, 2.75) is 32.6 Å². The number of hydrogen-bond acceptors (Lipinski definition) is 1. The molecule has 0 unspecified atom stereocenters. The number of aliphatic imine (C=N–C) groups is 1. The molecule has 0 spiro atoms. The van der Waals surface area contributed by atoms with Crippen molar-refractivity contribution in [2.24, 2.45) is 10.7 Å². The van der Waals surface area contributed by atoms with Crippen molar-refractivity contribution >= 4 is 35.6 Å². The Hall–Kier alpha value is -1.04. The van der Waals surface area contributed by atoms with Crippen LogP contribution in [-0.2, 0) is 12.8 Å². The van der Waals surface area contributed by atoms with E-state index in [1.807, 2.05) is 13.0 Å². The van der Waals surface area contributed by atoms with Crippen molar-refractivity contribution in [2.75, 3.05) is 11.9 Å². The van der Waals surface area contributed by atoms with Crippen LogP contribution in [0.25, 0.3) is 0 Å². The third-order valence-corrected chi connectivity index (χ3v) is 3.18. The van der Waals surface area contributed by atoms with Crippen LogP contribution in [0.4, 0.5) is 5.69 Å². The van der Waals surface area contributed by atoms with Gasteiger partial charge in [0.15, 0.2) is 5.96 Å². The Labute approximate surface area is 132 Å². The van der Waals surface area contributed by atoms with Crippen molar-refractivity contribution < 1.29 is 0 Å². The number of guanidine groups is 1. The highest BCUT2D eigenvalue weighted by molar-refractivity contribution is 14.0. The number of nitrogens with one attached hydrogen (secondary N) is 1. The quantitative estimate of drug-likeness (QED) is 0.280. The summed E-state index contributed by atoms with van der Waals surface area (Å²) >= 11 is 0. The van der Waals surface area contributed by atoms with E-state index in [0.717, 1.165) is 18.7 Å². The molecule has 2 rings (SSSR count). The summed E-state index contributed by atoms with van der Waals surface area (Å²) in [4.78, 5) is 4.28. The molecule has 0 aliphatic heterocycles. The van der Waals surface area contributed by atoms with Gasteiger partial charge in [-0.1, -0.05) is 18.2 Å². The Balaban J connectivity index is 0.00000180. The third kappa shape index (κ3) is 4.86. The number of hydrogen-bond donors (Lipinski definition) is 2. The van der Waals surface area contributed by atoms with Crippen molar-refractivity contribution in [1.29, 1.82) is 0 Å². The molecule has 0 bridgehead atoms. The molecule has 0 amide bonds. The molecule has 0 atom stereocenters. The summed E-state index contributed by atoms with van der Waals surface area (Å²) in [6.07, 6.45) is 8.71. The lowest BCUT2D eigenvalue weighted by Gasteiger charge is -2.07. The molecule has 1 aliphatic rings. The maximum atomic E-state index is 5.85. The van der Waals surface area contributed by atoms with Crippen molar-refractivity contribution in [1.82, 2.24) is 0 Å². The standard InChI is InChI=1S/C15H21N3.HI/c1-2-3-4-10-17-15(16)18-14-9-8-12-6-5-7-13(12)11-14;/h2-3,8-9,11H,4-7,10H2,1H3,(H3,16,17,18);1H. The van der Waals surface area contributed by atoms with Crippen LogP contribution in [-0.4, -0.2) is 12.5 Å². The van der Waals surface area contributed by atoms with E-state index in [1.54, 1.807) is 0 Å². The fraction of sp³-hybridized carbons (Fsp3) is 0.400.